The van der Waals surface area contributed by atoms with Crippen LogP contribution >= 0.6 is 0 Å². The van der Waals surface area contributed by atoms with Crippen molar-refractivity contribution in [1.82, 2.24) is 4.90 Å². The van der Waals surface area contributed by atoms with Crippen molar-refractivity contribution in [2.24, 2.45) is 0 Å². The molecule has 0 saturated carbocycles. The number of carbonyl (C=O) groups is 2. The number of hydrogen-bond donors (Lipinski definition) is 0. The lowest BCUT2D eigenvalue weighted by atomic mass is 9.78. The van der Waals surface area contributed by atoms with Crippen LogP contribution < -0.4 is 0 Å². The number of methoxy groups -OCH3 is 1. The summed E-state index contributed by atoms with van der Waals surface area (Å²) in [6, 6.07) is 5.87. The molecule has 2 rings (SSSR count). The van der Waals surface area contributed by atoms with Gasteiger partial charge in [0.25, 0.3) is 5.69 Å². The summed E-state index contributed by atoms with van der Waals surface area (Å²) in [4.78, 5) is 36.9. The summed E-state index contributed by atoms with van der Waals surface area (Å²) in [5.41, 5.74) is 2.82. The second-order valence-electron chi connectivity index (χ2n) is 5.89. The summed E-state index contributed by atoms with van der Waals surface area (Å²) in [5, 5.41) is 10.9. The predicted molar refractivity (Wildman–Crippen MR) is 91.7 cm³/mol. The van der Waals surface area contributed by atoms with E-state index in [1.54, 1.807) is 31.0 Å². The van der Waals surface area contributed by atoms with E-state index in [0.29, 0.717) is 22.4 Å². The fourth-order valence-electron chi connectivity index (χ4n) is 3.13. The molecule has 1 aromatic rings. The third-order valence-electron chi connectivity index (χ3n) is 4.59. The van der Waals surface area contributed by atoms with Crippen LogP contribution in [0.2, 0.25) is 0 Å². The topological polar surface area (TPSA) is 89.8 Å². The summed E-state index contributed by atoms with van der Waals surface area (Å²) >= 11 is 0. The Morgan fingerprint density at radius 3 is 2.08 bits per heavy atom. The molecule has 0 radical (unpaired) electrons. The van der Waals surface area contributed by atoms with Gasteiger partial charge in [0.1, 0.15) is 0 Å². The van der Waals surface area contributed by atoms with E-state index in [4.69, 9.17) is 4.74 Å². The number of nitrogens with zero attached hydrogens (tertiary/aromatic N) is 2. The minimum absolute atomic E-state index is 0.0536. The maximum Gasteiger partial charge on any atom is 0.336 e. The quantitative estimate of drug-likeness (QED) is 0.474. The summed E-state index contributed by atoms with van der Waals surface area (Å²) in [5.74, 6) is -1.32. The van der Waals surface area contributed by atoms with E-state index in [9.17, 15) is 19.7 Å². The smallest absolute Gasteiger partial charge is 0.336 e. The average molecular weight is 344 g/mol. The molecule has 1 aromatic carbocycles. The van der Waals surface area contributed by atoms with Crippen LogP contribution in [0.15, 0.2) is 46.8 Å². The molecule has 25 heavy (non-hydrogen) atoms. The maximum absolute atomic E-state index is 12.4. The van der Waals surface area contributed by atoms with E-state index in [1.165, 1.54) is 26.2 Å². The fraction of sp³-hybridized carbons (Fsp3) is 0.333. The van der Waals surface area contributed by atoms with Gasteiger partial charge in [0.05, 0.1) is 17.6 Å². The number of allylic oxidation sites excluding steroid dienone is 3. The van der Waals surface area contributed by atoms with Gasteiger partial charge in [0.15, 0.2) is 5.78 Å². The fourth-order valence-corrected chi connectivity index (χ4v) is 3.13. The lowest BCUT2D eigenvalue weighted by molar-refractivity contribution is -0.384. The van der Waals surface area contributed by atoms with Gasteiger partial charge in [0, 0.05) is 42.1 Å². The molecule has 0 fully saturated rings. The largest absolute Gasteiger partial charge is 0.466 e. The molecule has 0 aromatic heterocycles. The van der Waals surface area contributed by atoms with Crippen molar-refractivity contribution in [3.05, 3.63) is 62.5 Å². The van der Waals surface area contributed by atoms with E-state index in [2.05, 4.69) is 0 Å². The Morgan fingerprint density at radius 2 is 1.64 bits per heavy atom. The van der Waals surface area contributed by atoms with Crippen LogP contribution in [0.1, 0.15) is 32.3 Å². The zero-order chi connectivity index (χ0) is 18.9. The number of carbonyl (C=O) groups excluding carboxylic acids is 2. The predicted octanol–water partition coefficient (Wildman–Crippen LogP) is 2.93. The first kappa shape index (κ1) is 18.4. The van der Waals surface area contributed by atoms with Gasteiger partial charge >= 0.3 is 5.97 Å². The van der Waals surface area contributed by atoms with Crippen LogP contribution in [0, 0.1) is 10.1 Å². The Balaban J connectivity index is 2.71. The van der Waals surface area contributed by atoms with Gasteiger partial charge in [0.2, 0.25) is 0 Å². The number of nitro groups is 1. The molecule has 0 saturated heterocycles. The van der Waals surface area contributed by atoms with Gasteiger partial charge in [-0.3, -0.25) is 14.9 Å². The summed E-state index contributed by atoms with van der Waals surface area (Å²) in [6.07, 6.45) is 0. The minimum atomic E-state index is -0.623. The van der Waals surface area contributed by atoms with Crippen molar-refractivity contribution in [2.75, 3.05) is 14.2 Å². The molecule has 7 nitrogen and oxygen atoms in total. The van der Waals surface area contributed by atoms with Crippen molar-refractivity contribution < 1.29 is 19.2 Å². The molecule has 7 heteroatoms. The number of esters is 1. The molecule has 1 atom stereocenters. The highest BCUT2D eigenvalue weighted by atomic mass is 16.6. The van der Waals surface area contributed by atoms with Crippen LogP contribution in [0.25, 0.3) is 0 Å². The molecule has 1 heterocycles. The van der Waals surface area contributed by atoms with Gasteiger partial charge in [-0.15, -0.1) is 0 Å². The van der Waals surface area contributed by atoms with E-state index in [0.717, 1.165) is 5.70 Å². The van der Waals surface area contributed by atoms with Gasteiger partial charge in [-0.25, -0.2) is 4.79 Å². The van der Waals surface area contributed by atoms with E-state index >= 15 is 0 Å². The molecule has 1 aliphatic rings. The van der Waals surface area contributed by atoms with Gasteiger partial charge in [-0.1, -0.05) is 12.1 Å². The third-order valence-corrected chi connectivity index (χ3v) is 4.59. The number of hydrogen-bond acceptors (Lipinski definition) is 6. The highest BCUT2D eigenvalue weighted by Crippen LogP contribution is 2.42. The van der Waals surface area contributed by atoms with Crippen LogP contribution in [-0.2, 0) is 14.3 Å². The Bertz CT molecular complexity index is 805. The Labute approximate surface area is 145 Å². The second kappa shape index (κ2) is 6.88. The third kappa shape index (κ3) is 3.17. The van der Waals surface area contributed by atoms with Crippen LogP contribution in [0.5, 0.6) is 0 Å². The lowest BCUT2D eigenvalue weighted by Gasteiger charge is -2.35. The zero-order valence-electron chi connectivity index (χ0n) is 14.8. The Hall–Kier alpha value is -2.96. The number of Topliss-reactive ketones (excluding diaryl/α,β-unsaturated/α-hetero) is 1. The Morgan fingerprint density at radius 1 is 1.12 bits per heavy atom. The van der Waals surface area contributed by atoms with Crippen molar-refractivity contribution in [1.29, 1.82) is 0 Å². The van der Waals surface area contributed by atoms with Crippen LogP contribution in [-0.4, -0.2) is 35.7 Å². The lowest BCUT2D eigenvalue weighted by Crippen LogP contribution is -2.32. The van der Waals surface area contributed by atoms with E-state index in [1.807, 2.05) is 6.92 Å². The molecule has 0 bridgehead atoms. The first-order valence-corrected chi connectivity index (χ1v) is 7.69. The average Bonchev–Trinajstić information content (AvgIpc) is 2.58. The number of nitro benzene ring substituents is 1. The van der Waals surface area contributed by atoms with Gasteiger partial charge in [-0.05, 0) is 26.3 Å². The van der Waals surface area contributed by atoms with E-state index < -0.39 is 16.8 Å². The van der Waals surface area contributed by atoms with Crippen molar-refractivity contribution in [2.45, 2.75) is 26.7 Å². The summed E-state index contributed by atoms with van der Waals surface area (Å²) in [7, 11) is 3.07. The monoisotopic (exact) mass is 344 g/mol. The Kier molecular flexibility index (Phi) is 5.06. The number of non-ortho nitro benzene ring substituents is 1. The van der Waals surface area contributed by atoms with Crippen molar-refractivity contribution >= 4 is 17.4 Å². The van der Waals surface area contributed by atoms with E-state index in [-0.39, 0.29) is 11.5 Å². The highest BCUT2D eigenvalue weighted by molar-refractivity contribution is 6.02. The normalized spacial score (nSPS) is 17.6. The molecule has 1 unspecified atom stereocenters. The highest BCUT2D eigenvalue weighted by Gasteiger charge is 2.37. The summed E-state index contributed by atoms with van der Waals surface area (Å²) in [6.45, 7) is 5.04. The molecule has 0 N–H and O–H groups in total. The first-order valence-electron chi connectivity index (χ1n) is 7.69. The molecule has 0 amide bonds. The molecule has 132 valence electrons. The second-order valence-corrected chi connectivity index (χ2v) is 5.89. The number of ether oxygens (including phenoxy) is 1. The SMILES string of the molecule is COC(=O)C1=C(C)N(C)C(C)=C(C(C)=O)C1c1ccc([N+](=O)[O-])cc1. The standard InChI is InChI=1S/C18H20N2O5/c1-10-15(12(3)21)17(13-6-8-14(9-7-13)20(23)24)16(18(22)25-5)11(2)19(10)4/h6-9,17H,1-5H3. The first-order chi connectivity index (χ1) is 11.7. The molecule has 0 aliphatic carbocycles. The van der Waals surface area contributed by atoms with Gasteiger partial charge < -0.3 is 9.64 Å². The number of benzene rings is 1. The van der Waals surface area contributed by atoms with Crippen molar-refractivity contribution in [3.63, 3.8) is 0 Å². The molecular formula is C18H20N2O5. The molecular weight excluding hydrogens is 324 g/mol. The van der Waals surface area contributed by atoms with Crippen LogP contribution in [0.3, 0.4) is 0 Å². The number of rotatable bonds is 4. The summed E-state index contributed by atoms with van der Waals surface area (Å²) < 4.78 is 4.92. The van der Waals surface area contributed by atoms with Crippen LogP contribution in [0.4, 0.5) is 5.69 Å². The molecule has 0 spiro atoms. The molecule has 1 aliphatic heterocycles. The van der Waals surface area contributed by atoms with Gasteiger partial charge in [-0.2, -0.15) is 0 Å². The van der Waals surface area contributed by atoms with Crippen molar-refractivity contribution in [3.8, 4) is 0 Å². The number of ketones is 1. The minimum Gasteiger partial charge on any atom is -0.466 e. The maximum atomic E-state index is 12.4. The zero-order valence-corrected chi connectivity index (χ0v) is 14.8.